The first-order valence-electron chi connectivity index (χ1n) is 6.94. The highest BCUT2D eigenvalue weighted by Crippen LogP contribution is 2.38. The van der Waals surface area contributed by atoms with Gasteiger partial charge in [-0.05, 0) is 31.2 Å². The van der Waals surface area contributed by atoms with Crippen LogP contribution in [0.5, 0.6) is 0 Å². The van der Waals surface area contributed by atoms with Crippen LogP contribution in [-0.4, -0.2) is 6.54 Å². The maximum Gasteiger partial charge on any atom is 0.0678 e. The van der Waals surface area contributed by atoms with Gasteiger partial charge in [-0.2, -0.15) is 0 Å². The van der Waals surface area contributed by atoms with Crippen LogP contribution in [0.1, 0.15) is 37.6 Å². The second kappa shape index (κ2) is 7.46. The molecule has 0 amide bonds. The van der Waals surface area contributed by atoms with Crippen molar-refractivity contribution in [2.45, 2.75) is 32.7 Å². The van der Waals surface area contributed by atoms with E-state index in [1.54, 1.807) is 11.3 Å². The van der Waals surface area contributed by atoms with Gasteiger partial charge in [-0.3, -0.25) is 0 Å². The van der Waals surface area contributed by atoms with Gasteiger partial charge in [-0.25, -0.2) is 0 Å². The zero-order valence-corrected chi connectivity index (χ0v) is 14.1. The Bertz CT molecular complexity index is 559. The van der Waals surface area contributed by atoms with E-state index in [4.69, 9.17) is 23.2 Å². The lowest BCUT2D eigenvalue weighted by atomic mass is 10.1. The summed E-state index contributed by atoms with van der Waals surface area (Å²) >= 11 is 14.2. The van der Waals surface area contributed by atoms with Crippen LogP contribution in [0.4, 0.5) is 0 Å². The van der Waals surface area contributed by atoms with Crippen LogP contribution in [0.2, 0.25) is 10.0 Å². The third kappa shape index (κ3) is 3.56. The lowest BCUT2D eigenvalue weighted by Crippen LogP contribution is -2.19. The molecule has 0 bridgehead atoms. The average molecular weight is 328 g/mol. The van der Waals surface area contributed by atoms with Gasteiger partial charge in [0.15, 0.2) is 0 Å². The molecular formula is C16H19Cl2NS. The average Bonchev–Trinajstić information content (AvgIpc) is 2.91. The molecular weight excluding hydrogens is 309 g/mol. The van der Waals surface area contributed by atoms with Crippen LogP contribution in [0.25, 0.3) is 10.4 Å². The fraction of sp³-hybridized carbons (Fsp3) is 0.375. The standard InChI is InChI=1S/C16H19Cl2NS/c1-3-6-13(19-4-2)15-10-9-14(20-15)11-7-5-8-12(17)16(11)18/h5,7-10,13,19H,3-4,6H2,1-2H3. The first kappa shape index (κ1) is 15.8. The zero-order valence-electron chi connectivity index (χ0n) is 11.7. The second-order valence-corrected chi connectivity index (χ2v) is 6.60. The fourth-order valence-corrected chi connectivity index (χ4v) is 3.87. The third-order valence-corrected chi connectivity index (χ3v) is 5.27. The number of hydrogen-bond donors (Lipinski definition) is 1. The predicted molar refractivity (Wildman–Crippen MR) is 91.1 cm³/mol. The van der Waals surface area contributed by atoms with Crippen molar-refractivity contribution >= 4 is 34.5 Å². The first-order chi connectivity index (χ1) is 9.67. The van der Waals surface area contributed by atoms with Crippen molar-refractivity contribution in [1.29, 1.82) is 0 Å². The summed E-state index contributed by atoms with van der Waals surface area (Å²) in [5.41, 5.74) is 1.02. The zero-order chi connectivity index (χ0) is 14.5. The number of benzene rings is 1. The molecule has 1 aromatic heterocycles. The molecule has 1 nitrogen and oxygen atoms in total. The van der Waals surface area contributed by atoms with E-state index < -0.39 is 0 Å². The molecule has 4 heteroatoms. The van der Waals surface area contributed by atoms with Crippen LogP contribution in [0, 0.1) is 0 Å². The summed E-state index contributed by atoms with van der Waals surface area (Å²) in [7, 11) is 0. The Morgan fingerprint density at radius 3 is 2.65 bits per heavy atom. The molecule has 0 saturated carbocycles. The highest BCUT2D eigenvalue weighted by Gasteiger charge is 2.14. The van der Waals surface area contributed by atoms with Gasteiger partial charge in [-0.1, -0.05) is 55.6 Å². The highest BCUT2D eigenvalue weighted by molar-refractivity contribution is 7.15. The Hall–Kier alpha value is -0.540. The van der Waals surface area contributed by atoms with Crippen LogP contribution in [0.15, 0.2) is 30.3 Å². The Morgan fingerprint density at radius 2 is 1.95 bits per heavy atom. The lowest BCUT2D eigenvalue weighted by Gasteiger charge is -2.15. The van der Waals surface area contributed by atoms with Gasteiger partial charge in [0.1, 0.15) is 0 Å². The van der Waals surface area contributed by atoms with Crippen molar-refractivity contribution in [3.05, 3.63) is 45.3 Å². The van der Waals surface area contributed by atoms with Crippen molar-refractivity contribution < 1.29 is 0 Å². The van der Waals surface area contributed by atoms with Crippen LogP contribution >= 0.6 is 34.5 Å². The molecule has 1 unspecified atom stereocenters. The molecule has 0 aliphatic rings. The van der Waals surface area contributed by atoms with Gasteiger partial charge in [0.25, 0.3) is 0 Å². The molecule has 108 valence electrons. The van der Waals surface area contributed by atoms with E-state index in [-0.39, 0.29) is 0 Å². The van der Waals surface area contributed by atoms with E-state index in [1.807, 2.05) is 18.2 Å². The van der Waals surface area contributed by atoms with Gasteiger partial charge in [0.05, 0.1) is 10.0 Å². The molecule has 1 N–H and O–H groups in total. The lowest BCUT2D eigenvalue weighted by molar-refractivity contribution is 0.516. The van der Waals surface area contributed by atoms with Crippen molar-refractivity contribution in [2.75, 3.05) is 6.54 Å². The molecule has 1 atom stereocenters. The molecule has 0 aliphatic heterocycles. The molecule has 2 aromatic rings. The summed E-state index contributed by atoms with van der Waals surface area (Å²) in [5, 5.41) is 4.79. The van der Waals surface area contributed by atoms with E-state index in [2.05, 4.69) is 31.3 Å². The van der Waals surface area contributed by atoms with Crippen LogP contribution in [0.3, 0.4) is 0 Å². The summed E-state index contributed by atoms with van der Waals surface area (Å²) in [6, 6.07) is 10.5. The van der Waals surface area contributed by atoms with E-state index in [1.165, 1.54) is 16.2 Å². The molecule has 0 aliphatic carbocycles. The Morgan fingerprint density at radius 1 is 1.15 bits per heavy atom. The Labute approximate surface area is 134 Å². The minimum absolute atomic E-state index is 0.432. The summed E-state index contributed by atoms with van der Waals surface area (Å²) in [5.74, 6) is 0. The first-order valence-corrected chi connectivity index (χ1v) is 8.52. The maximum absolute atomic E-state index is 6.30. The SMILES string of the molecule is CCCC(NCC)c1ccc(-c2cccc(Cl)c2Cl)s1. The topological polar surface area (TPSA) is 12.0 Å². The molecule has 2 rings (SSSR count). The Kier molecular flexibility index (Phi) is 5.91. The summed E-state index contributed by atoms with van der Waals surface area (Å²) in [6.07, 6.45) is 2.32. The van der Waals surface area contributed by atoms with Gasteiger partial charge < -0.3 is 5.32 Å². The highest BCUT2D eigenvalue weighted by atomic mass is 35.5. The number of thiophene rings is 1. The van der Waals surface area contributed by atoms with E-state index in [0.717, 1.165) is 18.5 Å². The van der Waals surface area contributed by atoms with Crippen molar-refractivity contribution in [2.24, 2.45) is 0 Å². The molecule has 0 fully saturated rings. The van der Waals surface area contributed by atoms with Crippen LogP contribution < -0.4 is 5.32 Å². The summed E-state index contributed by atoms with van der Waals surface area (Å²) < 4.78 is 0. The van der Waals surface area contributed by atoms with Gasteiger partial charge in [0, 0.05) is 21.4 Å². The van der Waals surface area contributed by atoms with Crippen molar-refractivity contribution in [3.63, 3.8) is 0 Å². The second-order valence-electron chi connectivity index (χ2n) is 4.70. The van der Waals surface area contributed by atoms with E-state index in [0.29, 0.717) is 16.1 Å². The summed E-state index contributed by atoms with van der Waals surface area (Å²) in [6.45, 7) is 5.34. The number of nitrogens with one attached hydrogen (secondary N) is 1. The molecule has 0 spiro atoms. The predicted octanol–water partition coefficient (Wildman–Crippen LogP) is 6.17. The fourth-order valence-electron chi connectivity index (χ4n) is 2.26. The smallest absolute Gasteiger partial charge is 0.0678 e. The Balaban J connectivity index is 2.30. The van der Waals surface area contributed by atoms with Gasteiger partial charge >= 0.3 is 0 Å². The van der Waals surface area contributed by atoms with Gasteiger partial charge in [0.2, 0.25) is 0 Å². The van der Waals surface area contributed by atoms with Crippen LogP contribution in [-0.2, 0) is 0 Å². The van der Waals surface area contributed by atoms with Gasteiger partial charge in [-0.15, -0.1) is 11.3 Å². The quantitative estimate of drug-likeness (QED) is 0.668. The number of rotatable bonds is 6. The molecule has 1 heterocycles. The number of halogens is 2. The van der Waals surface area contributed by atoms with E-state index in [9.17, 15) is 0 Å². The third-order valence-electron chi connectivity index (χ3n) is 3.22. The maximum atomic E-state index is 6.30. The molecule has 20 heavy (non-hydrogen) atoms. The molecule has 0 saturated heterocycles. The summed E-state index contributed by atoms with van der Waals surface area (Å²) in [4.78, 5) is 2.53. The normalized spacial score (nSPS) is 12.6. The molecule has 1 aromatic carbocycles. The van der Waals surface area contributed by atoms with Crippen molar-refractivity contribution in [3.8, 4) is 10.4 Å². The largest absolute Gasteiger partial charge is 0.310 e. The monoisotopic (exact) mass is 327 g/mol. The van der Waals surface area contributed by atoms with Crippen molar-refractivity contribution in [1.82, 2.24) is 5.32 Å². The minimum Gasteiger partial charge on any atom is -0.310 e. The number of hydrogen-bond acceptors (Lipinski definition) is 2. The molecule has 0 radical (unpaired) electrons. The van der Waals surface area contributed by atoms with E-state index >= 15 is 0 Å². The minimum atomic E-state index is 0.432.